The molecule has 0 aromatic heterocycles. The molecule has 0 aliphatic carbocycles. The first-order valence-corrected chi connectivity index (χ1v) is 9.30. The number of carbonyl (C=O) groups excluding carboxylic acids is 3. The number of amides is 1. The van der Waals surface area contributed by atoms with Crippen molar-refractivity contribution in [2.24, 2.45) is 0 Å². The number of hydrogen-bond donors (Lipinski definition) is 1. The second-order valence-corrected chi connectivity index (χ2v) is 6.54. The Morgan fingerprint density at radius 2 is 1.53 bits per heavy atom. The Kier molecular flexibility index (Phi) is 6.60. The van der Waals surface area contributed by atoms with E-state index in [1.807, 2.05) is 13.0 Å². The molecule has 6 heteroatoms. The molecule has 1 N–H and O–H groups in total. The van der Waals surface area contributed by atoms with Gasteiger partial charge < -0.3 is 14.8 Å². The van der Waals surface area contributed by atoms with Crippen LogP contribution in [0.25, 0.3) is 0 Å². The molecule has 3 aromatic carbocycles. The fraction of sp³-hybridized carbons (Fsp3) is 0.125. The molecular weight excluding hydrogens is 382 g/mol. The average Bonchev–Trinajstić information content (AvgIpc) is 2.79. The summed E-state index contributed by atoms with van der Waals surface area (Å²) in [6.07, 6.45) is 0. The molecule has 0 fully saturated rings. The van der Waals surface area contributed by atoms with Crippen LogP contribution >= 0.6 is 0 Å². The zero-order valence-corrected chi connectivity index (χ0v) is 16.7. The maximum Gasteiger partial charge on any atom is 0.343 e. The van der Waals surface area contributed by atoms with Crippen molar-refractivity contribution in [3.05, 3.63) is 95.1 Å². The molecule has 0 radical (unpaired) electrons. The SMILES string of the molecule is COC(=O)COc1ccc(NC(=O)c2ccccc2C(=O)c2ccccc2)c(C)c1. The monoisotopic (exact) mass is 403 g/mol. The summed E-state index contributed by atoms with van der Waals surface area (Å²) in [7, 11) is 1.29. The largest absolute Gasteiger partial charge is 0.482 e. The van der Waals surface area contributed by atoms with E-state index in [0.717, 1.165) is 5.56 Å². The van der Waals surface area contributed by atoms with E-state index in [1.165, 1.54) is 7.11 Å². The normalized spacial score (nSPS) is 10.2. The van der Waals surface area contributed by atoms with Crippen LogP contribution in [-0.4, -0.2) is 31.4 Å². The van der Waals surface area contributed by atoms with Gasteiger partial charge in [0.05, 0.1) is 12.7 Å². The Morgan fingerprint density at radius 1 is 0.867 bits per heavy atom. The van der Waals surface area contributed by atoms with Gasteiger partial charge in [-0.1, -0.05) is 48.5 Å². The number of carbonyl (C=O) groups is 3. The second kappa shape index (κ2) is 9.52. The molecule has 0 heterocycles. The van der Waals surface area contributed by atoms with Crippen LogP contribution in [0.5, 0.6) is 5.75 Å². The first-order valence-electron chi connectivity index (χ1n) is 9.30. The highest BCUT2D eigenvalue weighted by molar-refractivity contribution is 6.17. The van der Waals surface area contributed by atoms with Crippen molar-refractivity contribution < 1.29 is 23.9 Å². The lowest BCUT2D eigenvalue weighted by Crippen LogP contribution is -2.17. The van der Waals surface area contributed by atoms with E-state index >= 15 is 0 Å². The van der Waals surface area contributed by atoms with Crippen LogP contribution in [0.2, 0.25) is 0 Å². The lowest BCUT2D eigenvalue weighted by molar-refractivity contribution is -0.142. The highest BCUT2D eigenvalue weighted by atomic mass is 16.6. The Balaban J connectivity index is 1.78. The van der Waals surface area contributed by atoms with Crippen molar-refractivity contribution in [3.8, 4) is 5.75 Å². The van der Waals surface area contributed by atoms with Crippen molar-refractivity contribution in [1.82, 2.24) is 0 Å². The predicted molar refractivity (Wildman–Crippen MR) is 113 cm³/mol. The fourth-order valence-electron chi connectivity index (χ4n) is 2.88. The molecule has 0 aliphatic heterocycles. The van der Waals surface area contributed by atoms with Gasteiger partial charge in [-0.2, -0.15) is 0 Å². The maximum absolute atomic E-state index is 12.9. The fourth-order valence-corrected chi connectivity index (χ4v) is 2.88. The third-order valence-corrected chi connectivity index (χ3v) is 4.48. The quantitative estimate of drug-likeness (QED) is 0.476. The van der Waals surface area contributed by atoms with E-state index < -0.39 is 5.97 Å². The van der Waals surface area contributed by atoms with Crippen LogP contribution in [0.4, 0.5) is 5.69 Å². The number of aryl methyl sites for hydroxylation is 1. The summed E-state index contributed by atoms with van der Waals surface area (Å²) in [5.74, 6) is -0.605. The highest BCUT2D eigenvalue weighted by Crippen LogP contribution is 2.23. The Bertz CT molecular complexity index is 1080. The summed E-state index contributed by atoms with van der Waals surface area (Å²) in [4.78, 5) is 37.0. The Labute approximate surface area is 174 Å². The van der Waals surface area contributed by atoms with E-state index in [4.69, 9.17) is 4.74 Å². The molecule has 0 bridgehead atoms. The van der Waals surface area contributed by atoms with E-state index in [9.17, 15) is 14.4 Å². The van der Waals surface area contributed by atoms with Crippen LogP contribution in [0.15, 0.2) is 72.8 Å². The molecule has 0 aliphatic rings. The van der Waals surface area contributed by atoms with Gasteiger partial charge in [0.15, 0.2) is 12.4 Å². The third kappa shape index (κ3) is 4.91. The molecular formula is C24H21NO5. The first kappa shape index (κ1) is 20.8. The molecule has 0 saturated heterocycles. The lowest BCUT2D eigenvalue weighted by atomic mass is 9.98. The van der Waals surface area contributed by atoms with Crippen molar-refractivity contribution in [2.45, 2.75) is 6.92 Å². The van der Waals surface area contributed by atoms with Gasteiger partial charge in [0, 0.05) is 16.8 Å². The molecule has 3 aromatic rings. The average molecular weight is 403 g/mol. The zero-order chi connectivity index (χ0) is 21.5. The molecule has 1 amide bonds. The number of esters is 1. The predicted octanol–water partition coefficient (Wildman–Crippen LogP) is 4.03. The Hall–Kier alpha value is -3.93. The third-order valence-electron chi connectivity index (χ3n) is 4.48. The summed E-state index contributed by atoms with van der Waals surface area (Å²) < 4.78 is 9.89. The summed E-state index contributed by atoms with van der Waals surface area (Å²) in [5, 5.41) is 2.84. The number of rotatable bonds is 7. The van der Waals surface area contributed by atoms with Gasteiger partial charge in [-0.05, 0) is 36.8 Å². The minimum absolute atomic E-state index is 0.198. The molecule has 0 spiro atoms. The van der Waals surface area contributed by atoms with E-state index in [-0.39, 0.29) is 23.9 Å². The number of ether oxygens (including phenoxy) is 2. The van der Waals surface area contributed by atoms with Gasteiger partial charge in [0.1, 0.15) is 5.75 Å². The van der Waals surface area contributed by atoms with Crippen LogP contribution in [0.3, 0.4) is 0 Å². The lowest BCUT2D eigenvalue weighted by Gasteiger charge is -2.13. The summed E-state index contributed by atoms with van der Waals surface area (Å²) in [6.45, 7) is 1.61. The van der Waals surface area contributed by atoms with Gasteiger partial charge in [-0.15, -0.1) is 0 Å². The summed E-state index contributed by atoms with van der Waals surface area (Å²) in [5.41, 5.74) is 2.46. The van der Waals surface area contributed by atoms with Gasteiger partial charge in [-0.25, -0.2) is 4.79 Å². The molecule has 152 valence electrons. The second-order valence-electron chi connectivity index (χ2n) is 6.54. The van der Waals surface area contributed by atoms with Crippen LogP contribution in [-0.2, 0) is 9.53 Å². The Morgan fingerprint density at radius 3 is 2.20 bits per heavy atom. The van der Waals surface area contributed by atoms with Gasteiger partial charge >= 0.3 is 5.97 Å². The number of anilines is 1. The smallest absolute Gasteiger partial charge is 0.343 e. The van der Waals surface area contributed by atoms with Crippen LogP contribution < -0.4 is 10.1 Å². The summed E-state index contributed by atoms with van der Waals surface area (Å²) in [6, 6.07) is 20.6. The van der Waals surface area contributed by atoms with Crippen molar-refractivity contribution in [2.75, 3.05) is 19.0 Å². The van der Waals surface area contributed by atoms with Crippen molar-refractivity contribution >= 4 is 23.3 Å². The standard InChI is InChI=1S/C24H21NO5/c1-16-14-18(30-15-22(26)29-2)12-13-21(16)25-24(28)20-11-7-6-10-19(20)23(27)17-8-4-3-5-9-17/h3-14H,15H2,1-2H3,(H,25,28). The minimum atomic E-state index is -0.482. The van der Waals surface area contributed by atoms with Crippen LogP contribution in [0, 0.1) is 6.92 Å². The van der Waals surface area contributed by atoms with Crippen molar-refractivity contribution in [3.63, 3.8) is 0 Å². The highest BCUT2D eigenvalue weighted by Gasteiger charge is 2.18. The first-order chi connectivity index (χ1) is 14.5. The van der Waals surface area contributed by atoms with Crippen LogP contribution in [0.1, 0.15) is 31.8 Å². The number of hydrogen-bond acceptors (Lipinski definition) is 5. The zero-order valence-electron chi connectivity index (χ0n) is 16.7. The number of nitrogens with one attached hydrogen (secondary N) is 1. The van der Waals surface area contributed by atoms with E-state index in [0.29, 0.717) is 22.6 Å². The molecule has 0 saturated carbocycles. The number of methoxy groups -OCH3 is 1. The molecule has 0 unspecified atom stereocenters. The topological polar surface area (TPSA) is 81.7 Å². The minimum Gasteiger partial charge on any atom is -0.482 e. The maximum atomic E-state index is 12.9. The van der Waals surface area contributed by atoms with E-state index in [1.54, 1.807) is 66.7 Å². The molecule has 0 atom stereocenters. The van der Waals surface area contributed by atoms with E-state index in [2.05, 4.69) is 10.1 Å². The van der Waals surface area contributed by atoms with Crippen molar-refractivity contribution in [1.29, 1.82) is 0 Å². The van der Waals surface area contributed by atoms with Gasteiger partial charge in [-0.3, -0.25) is 9.59 Å². The summed E-state index contributed by atoms with van der Waals surface area (Å²) >= 11 is 0. The molecule has 6 nitrogen and oxygen atoms in total. The molecule has 3 rings (SSSR count). The van der Waals surface area contributed by atoms with Gasteiger partial charge in [0.2, 0.25) is 0 Å². The number of ketones is 1. The molecule has 30 heavy (non-hydrogen) atoms. The number of benzene rings is 3. The van der Waals surface area contributed by atoms with Gasteiger partial charge in [0.25, 0.3) is 5.91 Å².